The molecule has 0 amide bonds. The van der Waals surface area contributed by atoms with Crippen molar-refractivity contribution >= 4 is 24.0 Å². The third kappa shape index (κ3) is 3.03. The average molecular weight is 253 g/mol. The van der Waals surface area contributed by atoms with Gasteiger partial charge < -0.3 is 5.73 Å². The van der Waals surface area contributed by atoms with E-state index in [1.54, 1.807) is 6.07 Å². The minimum absolute atomic E-state index is 0. The van der Waals surface area contributed by atoms with Crippen molar-refractivity contribution in [2.24, 2.45) is 5.73 Å². The highest BCUT2D eigenvalue weighted by Gasteiger charge is 2.17. The largest absolute Gasteiger partial charge is 0.323 e. The van der Waals surface area contributed by atoms with E-state index in [0.29, 0.717) is 0 Å². The fourth-order valence-corrected chi connectivity index (χ4v) is 1.38. The Morgan fingerprint density at radius 3 is 2.47 bits per heavy atom. The van der Waals surface area contributed by atoms with Crippen molar-refractivity contribution < 1.29 is 8.78 Å². The topological polar surface area (TPSA) is 49.8 Å². The van der Waals surface area contributed by atoms with Gasteiger partial charge >= 0.3 is 0 Å². The van der Waals surface area contributed by atoms with Gasteiger partial charge in [0.05, 0.1) is 17.5 Å². The minimum Gasteiger partial charge on any atom is -0.323 e. The van der Waals surface area contributed by atoms with Crippen LogP contribution >= 0.6 is 24.0 Å². The molecule has 2 N–H and O–H groups in total. The number of nitrogens with zero attached hydrogens (tertiary/aromatic N) is 1. The number of hydrogen-bond donors (Lipinski definition) is 1. The summed E-state index contributed by atoms with van der Waals surface area (Å²) in [7, 11) is 0. The maximum Gasteiger partial charge on any atom is 0.142 e. The lowest BCUT2D eigenvalue weighted by Gasteiger charge is -2.11. The van der Waals surface area contributed by atoms with E-state index in [2.05, 4.69) is 0 Å². The Hall–Kier alpha value is -0.890. The average Bonchev–Trinajstić information content (AvgIpc) is 2.13. The van der Waals surface area contributed by atoms with Crippen molar-refractivity contribution in [3.05, 3.63) is 34.4 Å². The molecule has 0 saturated carbocycles. The van der Waals surface area contributed by atoms with Gasteiger partial charge in [0, 0.05) is 11.6 Å². The molecule has 1 aromatic rings. The molecule has 0 aliphatic heterocycles. The molecule has 15 heavy (non-hydrogen) atoms. The van der Waals surface area contributed by atoms with Crippen LogP contribution in [0.5, 0.6) is 0 Å². The van der Waals surface area contributed by atoms with Crippen molar-refractivity contribution in [2.45, 2.75) is 12.5 Å². The van der Waals surface area contributed by atoms with Crippen LogP contribution in [0.4, 0.5) is 8.78 Å². The van der Waals surface area contributed by atoms with Crippen LogP contribution in [0.15, 0.2) is 12.1 Å². The Morgan fingerprint density at radius 1 is 1.40 bits per heavy atom. The third-order valence-corrected chi connectivity index (χ3v) is 2.15. The van der Waals surface area contributed by atoms with Crippen LogP contribution in [0.25, 0.3) is 0 Å². The molecule has 6 heteroatoms. The SMILES string of the molecule is Cl.N#CC[C@@H](N)c1c(F)ccc(F)c1Cl. The van der Waals surface area contributed by atoms with Gasteiger partial charge in [0.25, 0.3) is 0 Å². The Kier molecular flexibility index (Phi) is 5.51. The smallest absolute Gasteiger partial charge is 0.142 e. The summed E-state index contributed by atoms with van der Waals surface area (Å²) < 4.78 is 26.1. The highest BCUT2D eigenvalue weighted by atomic mass is 35.5. The number of halogens is 4. The van der Waals surface area contributed by atoms with E-state index in [4.69, 9.17) is 22.6 Å². The van der Waals surface area contributed by atoms with Crippen LogP contribution in [0, 0.1) is 23.0 Å². The molecular weight excluding hydrogens is 245 g/mol. The summed E-state index contributed by atoms with van der Waals surface area (Å²) in [6.07, 6.45) is -0.111. The van der Waals surface area contributed by atoms with Crippen molar-refractivity contribution in [3.63, 3.8) is 0 Å². The predicted octanol–water partition coefficient (Wildman–Crippen LogP) is 2.95. The molecule has 0 aromatic heterocycles. The summed E-state index contributed by atoms with van der Waals surface area (Å²) in [5, 5.41) is 8.01. The lowest BCUT2D eigenvalue weighted by Crippen LogP contribution is -2.12. The molecule has 0 radical (unpaired) electrons. The van der Waals surface area contributed by atoms with E-state index in [0.717, 1.165) is 12.1 Å². The predicted molar refractivity (Wildman–Crippen MR) is 55.8 cm³/mol. The van der Waals surface area contributed by atoms with Crippen molar-refractivity contribution in [3.8, 4) is 6.07 Å². The standard InChI is InChI=1S/C9H7ClF2N2.ClH/c10-9-6(12)2-1-5(11)8(9)7(14)3-4-13;/h1-2,7H,3,14H2;1H/t7-;/m1./s1. The van der Waals surface area contributed by atoms with Gasteiger partial charge in [-0.2, -0.15) is 5.26 Å². The molecule has 0 heterocycles. The zero-order valence-corrected chi connectivity index (χ0v) is 9.08. The first-order valence-corrected chi connectivity index (χ1v) is 4.21. The number of nitriles is 1. The number of benzene rings is 1. The lowest BCUT2D eigenvalue weighted by molar-refractivity contribution is 0.565. The Morgan fingerprint density at radius 2 is 1.93 bits per heavy atom. The molecule has 0 saturated heterocycles. The van der Waals surface area contributed by atoms with Crippen LogP contribution in [-0.2, 0) is 0 Å². The molecule has 0 spiro atoms. The van der Waals surface area contributed by atoms with E-state index >= 15 is 0 Å². The summed E-state index contributed by atoms with van der Waals surface area (Å²) in [5.74, 6) is -1.43. The van der Waals surface area contributed by atoms with E-state index in [9.17, 15) is 8.78 Å². The molecule has 0 aliphatic rings. The molecule has 2 nitrogen and oxygen atoms in total. The molecule has 1 atom stereocenters. The summed E-state index contributed by atoms with van der Waals surface area (Å²) >= 11 is 5.52. The summed E-state index contributed by atoms with van der Waals surface area (Å²) in [6, 6.07) is 2.72. The second-order valence-electron chi connectivity index (χ2n) is 2.73. The molecule has 1 aromatic carbocycles. The zero-order chi connectivity index (χ0) is 10.7. The third-order valence-electron chi connectivity index (χ3n) is 1.76. The zero-order valence-electron chi connectivity index (χ0n) is 7.51. The molecule has 1 rings (SSSR count). The van der Waals surface area contributed by atoms with Crippen molar-refractivity contribution in [1.29, 1.82) is 5.26 Å². The minimum atomic E-state index is -0.900. The van der Waals surface area contributed by atoms with E-state index in [-0.39, 0.29) is 29.4 Å². The first-order chi connectivity index (χ1) is 6.57. The molecule has 82 valence electrons. The highest BCUT2D eigenvalue weighted by Crippen LogP contribution is 2.28. The Balaban J connectivity index is 0.00000196. The van der Waals surface area contributed by atoms with Crippen LogP contribution in [-0.4, -0.2) is 0 Å². The molecule has 0 aliphatic carbocycles. The number of rotatable bonds is 2. The molecular formula is C9H8Cl2F2N2. The van der Waals surface area contributed by atoms with Gasteiger partial charge in [-0.05, 0) is 12.1 Å². The van der Waals surface area contributed by atoms with Gasteiger partial charge in [0.1, 0.15) is 11.6 Å². The van der Waals surface area contributed by atoms with E-state index in [1.165, 1.54) is 0 Å². The van der Waals surface area contributed by atoms with Gasteiger partial charge in [-0.1, -0.05) is 11.6 Å². The van der Waals surface area contributed by atoms with Crippen molar-refractivity contribution in [2.75, 3.05) is 0 Å². The van der Waals surface area contributed by atoms with Gasteiger partial charge in [-0.25, -0.2) is 8.78 Å². The summed E-state index contributed by atoms with van der Waals surface area (Å²) in [5.41, 5.74) is 5.32. The molecule has 0 bridgehead atoms. The summed E-state index contributed by atoms with van der Waals surface area (Å²) in [6.45, 7) is 0. The van der Waals surface area contributed by atoms with Crippen LogP contribution < -0.4 is 5.73 Å². The second kappa shape index (κ2) is 5.86. The first kappa shape index (κ1) is 14.1. The Bertz CT molecular complexity index is 390. The molecule has 0 fully saturated rings. The van der Waals surface area contributed by atoms with Gasteiger partial charge in [-0.3, -0.25) is 0 Å². The van der Waals surface area contributed by atoms with Gasteiger partial charge in [0.2, 0.25) is 0 Å². The van der Waals surface area contributed by atoms with Crippen LogP contribution in [0.3, 0.4) is 0 Å². The number of nitrogens with two attached hydrogens (primary N) is 1. The fourth-order valence-electron chi connectivity index (χ4n) is 1.08. The second-order valence-corrected chi connectivity index (χ2v) is 3.10. The van der Waals surface area contributed by atoms with Gasteiger partial charge in [-0.15, -0.1) is 12.4 Å². The van der Waals surface area contributed by atoms with Gasteiger partial charge in [0.15, 0.2) is 0 Å². The lowest BCUT2D eigenvalue weighted by atomic mass is 10.0. The fraction of sp³-hybridized carbons (Fsp3) is 0.222. The number of hydrogen-bond acceptors (Lipinski definition) is 2. The maximum absolute atomic E-state index is 13.2. The monoisotopic (exact) mass is 252 g/mol. The first-order valence-electron chi connectivity index (χ1n) is 3.84. The molecule has 0 unspecified atom stereocenters. The van der Waals surface area contributed by atoms with E-state index < -0.39 is 17.7 Å². The Labute approximate surface area is 97.0 Å². The quantitative estimate of drug-likeness (QED) is 0.823. The van der Waals surface area contributed by atoms with Crippen LogP contribution in [0.1, 0.15) is 18.0 Å². The summed E-state index contributed by atoms with van der Waals surface area (Å²) in [4.78, 5) is 0. The highest BCUT2D eigenvalue weighted by molar-refractivity contribution is 6.31. The van der Waals surface area contributed by atoms with E-state index in [1.807, 2.05) is 0 Å². The maximum atomic E-state index is 13.2. The normalized spacial score (nSPS) is 11.4. The van der Waals surface area contributed by atoms with Crippen LogP contribution in [0.2, 0.25) is 5.02 Å². The van der Waals surface area contributed by atoms with Crippen molar-refractivity contribution in [1.82, 2.24) is 0 Å².